The van der Waals surface area contributed by atoms with Crippen molar-refractivity contribution >= 4 is 21.7 Å². The first-order valence-corrected chi connectivity index (χ1v) is 7.28. The number of anilines is 1. The van der Waals surface area contributed by atoms with E-state index in [1.54, 1.807) is 0 Å². The number of rotatable bonds is 6. The van der Waals surface area contributed by atoms with Gasteiger partial charge in [-0.15, -0.1) is 0 Å². The van der Waals surface area contributed by atoms with Crippen LogP contribution >= 0.6 is 15.9 Å². The van der Waals surface area contributed by atoms with E-state index in [0.717, 1.165) is 23.3 Å². The van der Waals surface area contributed by atoms with Gasteiger partial charge in [-0.25, -0.2) is 4.98 Å². The van der Waals surface area contributed by atoms with Crippen LogP contribution in [0, 0.1) is 6.92 Å². The predicted molar refractivity (Wildman–Crippen MR) is 78.7 cm³/mol. The molecule has 0 aliphatic carbocycles. The first-order chi connectivity index (χ1) is 8.10. The Balaban J connectivity index is 2.95. The molecule has 1 heterocycles. The molecule has 0 amide bonds. The van der Waals surface area contributed by atoms with Crippen LogP contribution in [0.15, 0.2) is 16.7 Å². The number of aromatic nitrogens is 1. The van der Waals surface area contributed by atoms with Crippen molar-refractivity contribution in [2.24, 2.45) is 0 Å². The highest BCUT2D eigenvalue weighted by Gasteiger charge is 2.15. The molecule has 2 nitrogen and oxygen atoms in total. The second-order valence-electron chi connectivity index (χ2n) is 4.60. The van der Waals surface area contributed by atoms with Crippen LogP contribution in [-0.4, -0.2) is 17.6 Å². The van der Waals surface area contributed by atoms with E-state index in [-0.39, 0.29) is 0 Å². The van der Waals surface area contributed by atoms with E-state index in [9.17, 15) is 0 Å². The highest BCUT2D eigenvalue weighted by molar-refractivity contribution is 9.10. The Labute approximate surface area is 114 Å². The molecular weight excluding hydrogens is 276 g/mol. The standard InChI is InChI=1S/C14H23BrN2/c1-5-7-8-17(12(4)6-2)14-11(3)9-13(15)10-16-14/h9-10,12H,5-8H2,1-4H3. The van der Waals surface area contributed by atoms with Gasteiger partial charge < -0.3 is 4.90 Å². The summed E-state index contributed by atoms with van der Waals surface area (Å²) in [6.45, 7) is 9.97. The summed E-state index contributed by atoms with van der Waals surface area (Å²) >= 11 is 3.47. The summed E-state index contributed by atoms with van der Waals surface area (Å²) in [5.41, 5.74) is 1.25. The zero-order valence-corrected chi connectivity index (χ0v) is 12.9. The van der Waals surface area contributed by atoms with Crippen molar-refractivity contribution in [3.05, 3.63) is 22.3 Å². The van der Waals surface area contributed by atoms with Gasteiger partial charge in [0, 0.05) is 23.3 Å². The van der Waals surface area contributed by atoms with Crippen molar-refractivity contribution in [2.45, 2.75) is 53.0 Å². The molecule has 1 atom stereocenters. The highest BCUT2D eigenvalue weighted by atomic mass is 79.9. The molecule has 1 aromatic rings. The van der Waals surface area contributed by atoms with Crippen LogP contribution in [0.25, 0.3) is 0 Å². The molecule has 0 saturated heterocycles. The lowest BCUT2D eigenvalue weighted by atomic mass is 10.1. The average Bonchev–Trinajstić information content (AvgIpc) is 2.31. The fourth-order valence-corrected chi connectivity index (χ4v) is 2.36. The topological polar surface area (TPSA) is 16.1 Å². The Kier molecular flexibility index (Phi) is 5.96. The third-order valence-corrected chi connectivity index (χ3v) is 3.60. The number of halogens is 1. The van der Waals surface area contributed by atoms with Crippen LogP contribution in [0.2, 0.25) is 0 Å². The molecule has 1 rings (SSSR count). The van der Waals surface area contributed by atoms with Crippen LogP contribution < -0.4 is 4.90 Å². The third kappa shape index (κ3) is 3.98. The van der Waals surface area contributed by atoms with Crippen molar-refractivity contribution in [3.63, 3.8) is 0 Å². The summed E-state index contributed by atoms with van der Waals surface area (Å²) in [5, 5.41) is 0. The van der Waals surface area contributed by atoms with Gasteiger partial charge in [0.1, 0.15) is 5.82 Å². The Bertz CT molecular complexity index is 352. The number of hydrogen-bond acceptors (Lipinski definition) is 2. The van der Waals surface area contributed by atoms with Gasteiger partial charge in [-0.1, -0.05) is 20.3 Å². The summed E-state index contributed by atoms with van der Waals surface area (Å²) in [6.07, 6.45) is 5.49. The van der Waals surface area contributed by atoms with Gasteiger partial charge in [-0.3, -0.25) is 0 Å². The van der Waals surface area contributed by atoms with Crippen LogP contribution in [0.1, 0.15) is 45.6 Å². The van der Waals surface area contributed by atoms with Gasteiger partial charge in [0.25, 0.3) is 0 Å². The molecule has 0 fully saturated rings. The van der Waals surface area contributed by atoms with E-state index in [0.29, 0.717) is 6.04 Å². The normalized spacial score (nSPS) is 12.5. The zero-order chi connectivity index (χ0) is 12.8. The third-order valence-electron chi connectivity index (χ3n) is 3.16. The maximum atomic E-state index is 4.58. The van der Waals surface area contributed by atoms with Crippen molar-refractivity contribution in [2.75, 3.05) is 11.4 Å². The lowest BCUT2D eigenvalue weighted by Gasteiger charge is -2.31. The Morgan fingerprint density at radius 3 is 2.65 bits per heavy atom. The summed E-state index contributed by atoms with van der Waals surface area (Å²) in [4.78, 5) is 7.01. The fraction of sp³-hybridized carbons (Fsp3) is 0.643. The maximum absolute atomic E-state index is 4.58. The van der Waals surface area contributed by atoms with Crippen molar-refractivity contribution in [1.82, 2.24) is 4.98 Å². The van der Waals surface area contributed by atoms with Crippen LogP contribution in [0.3, 0.4) is 0 Å². The number of unbranched alkanes of at least 4 members (excludes halogenated alkanes) is 1. The SMILES string of the molecule is CCCCN(c1ncc(Br)cc1C)C(C)CC. The molecule has 0 spiro atoms. The Hall–Kier alpha value is -0.570. The number of nitrogens with zero attached hydrogens (tertiary/aromatic N) is 2. The second kappa shape index (κ2) is 7.00. The van der Waals surface area contributed by atoms with Gasteiger partial charge in [0.2, 0.25) is 0 Å². The predicted octanol–water partition coefficient (Wildman–Crippen LogP) is 4.56. The molecule has 1 aromatic heterocycles. The van der Waals surface area contributed by atoms with E-state index in [1.165, 1.54) is 18.4 Å². The first kappa shape index (κ1) is 14.5. The molecule has 0 aliphatic rings. The lowest BCUT2D eigenvalue weighted by Crippen LogP contribution is -2.34. The van der Waals surface area contributed by atoms with Crippen LogP contribution in [-0.2, 0) is 0 Å². The molecule has 1 unspecified atom stereocenters. The average molecular weight is 299 g/mol. The number of hydrogen-bond donors (Lipinski definition) is 0. The first-order valence-electron chi connectivity index (χ1n) is 6.48. The Morgan fingerprint density at radius 2 is 2.12 bits per heavy atom. The minimum atomic E-state index is 0.550. The van der Waals surface area contributed by atoms with E-state index >= 15 is 0 Å². The minimum absolute atomic E-state index is 0.550. The minimum Gasteiger partial charge on any atom is -0.354 e. The van der Waals surface area contributed by atoms with Crippen molar-refractivity contribution in [1.29, 1.82) is 0 Å². The van der Waals surface area contributed by atoms with E-state index in [2.05, 4.69) is 59.6 Å². The molecule has 0 aliphatic heterocycles. The highest BCUT2D eigenvalue weighted by Crippen LogP contribution is 2.23. The van der Waals surface area contributed by atoms with Crippen molar-refractivity contribution in [3.8, 4) is 0 Å². The smallest absolute Gasteiger partial charge is 0.131 e. The molecule has 3 heteroatoms. The number of pyridine rings is 1. The van der Waals surface area contributed by atoms with E-state index < -0.39 is 0 Å². The lowest BCUT2D eigenvalue weighted by molar-refractivity contribution is 0.588. The molecule has 0 N–H and O–H groups in total. The van der Waals surface area contributed by atoms with Crippen LogP contribution in [0.5, 0.6) is 0 Å². The summed E-state index contributed by atoms with van der Waals surface area (Å²) in [7, 11) is 0. The zero-order valence-electron chi connectivity index (χ0n) is 11.3. The van der Waals surface area contributed by atoms with Gasteiger partial charge >= 0.3 is 0 Å². The van der Waals surface area contributed by atoms with Crippen LogP contribution in [0.4, 0.5) is 5.82 Å². The van der Waals surface area contributed by atoms with Gasteiger partial charge in [-0.2, -0.15) is 0 Å². The quantitative estimate of drug-likeness (QED) is 0.765. The number of aryl methyl sites for hydroxylation is 1. The van der Waals surface area contributed by atoms with Crippen molar-refractivity contribution < 1.29 is 0 Å². The molecule has 96 valence electrons. The van der Waals surface area contributed by atoms with Gasteiger partial charge in [0.05, 0.1) is 0 Å². The maximum Gasteiger partial charge on any atom is 0.131 e. The van der Waals surface area contributed by atoms with E-state index in [1.807, 2.05) is 6.20 Å². The fourth-order valence-electron chi connectivity index (χ4n) is 1.92. The Morgan fingerprint density at radius 1 is 1.41 bits per heavy atom. The molecule has 0 saturated carbocycles. The van der Waals surface area contributed by atoms with E-state index in [4.69, 9.17) is 0 Å². The summed E-state index contributed by atoms with van der Waals surface area (Å²) in [5.74, 6) is 1.14. The second-order valence-corrected chi connectivity index (χ2v) is 5.51. The molecule has 0 aromatic carbocycles. The summed E-state index contributed by atoms with van der Waals surface area (Å²) < 4.78 is 1.05. The molecule has 17 heavy (non-hydrogen) atoms. The molecule has 0 bridgehead atoms. The molecule has 0 radical (unpaired) electrons. The van der Waals surface area contributed by atoms with Gasteiger partial charge in [-0.05, 0) is 54.2 Å². The monoisotopic (exact) mass is 298 g/mol. The largest absolute Gasteiger partial charge is 0.354 e. The molecular formula is C14H23BrN2. The van der Waals surface area contributed by atoms with Gasteiger partial charge in [0.15, 0.2) is 0 Å². The summed E-state index contributed by atoms with van der Waals surface area (Å²) in [6, 6.07) is 2.69.